The lowest BCUT2D eigenvalue weighted by atomic mass is 10.1. The van der Waals surface area contributed by atoms with Gasteiger partial charge in [-0.2, -0.15) is 13.2 Å². The Balaban J connectivity index is 3.09. The summed E-state index contributed by atoms with van der Waals surface area (Å²) in [6.45, 7) is 1.71. The Kier molecular flexibility index (Phi) is 5.15. The lowest BCUT2D eigenvalue weighted by molar-refractivity contribution is -0.242. The van der Waals surface area contributed by atoms with Crippen LogP contribution in [0.15, 0.2) is 23.1 Å². The molecule has 0 aliphatic heterocycles. The van der Waals surface area contributed by atoms with Crippen molar-refractivity contribution in [3.05, 3.63) is 23.2 Å². The highest BCUT2D eigenvalue weighted by Gasteiger charge is 2.55. The van der Waals surface area contributed by atoms with E-state index >= 15 is 0 Å². The number of alkyl halides is 3. The molecule has 1 atom stereocenters. The Bertz CT molecular complexity index is 686. The van der Waals surface area contributed by atoms with Crippen molar-refractivity contribution in [3.63, 3.8) is 0 Å². The molecule has 0 bridgehead atoms. The van der Waals surface area contributed by atoms with E-state index in [4.69, 9.17) is 11.6 Å². The zero-order chi connectivity index (χ0) is 17.3. The van der Waals surface area contributed by atoms with Crippen LogP contribution in [0.5, 0.6) is 0 Å². The maximum atomic E-state index is 12.5. The molecule has 2 N–H and O–H groups in total. The number of carbonyl (C=O) groups is 1. The van der Waals surface area contributed by atoms with Crippen LogP contribution in [0, 0.1) is 0 Å². The number of aliphatic hydroxyl groups is 1. The van der Waals surface area contributed by atoms with Crippen molar-refractivity contribution in [3.8, 4) is 0 Å². The molecule has 1 rings (SSSR count). The summed E-state index contributed by atoms with van der Waals surface area (Å²) in [4.78, 5) is 11.4. The first-order valence-corrected chi connectivity index (χ1v) is 7.99. The smallest absolute Gasteiger partial charge is 0.373 e. The normalized spacial score (nSPS) is 15.2. The fourth-order valence-electron chi connectivity index (χ4n) is 1.33. The monoisotopic (exact) mass is 359 g/mol. The van der Waals surface area contributed by atoms with E-state index in [0.29, 0.717) is 6.92 Å². The van der Waals surface area contributed by atoms with Crippen LogP contribution in [0.25, 0.3) is 0 Å². The van der Waals surface area contributed by atoms with Gasteiger partial charge in [-0.15, -0.1) is 0 Å². The van der Waals surface area contributed by atoms with Crippen LogP contribution in [0.1, 0.15) is 13.8 Å². The van der Waals surface area contributed by atoms with E-state index in [1.54, 1.807) is 0 Å². The third-order valence-electron chi connectivity index (χ3n) is 2.92. The van der Waals surface area contributed by atoms with Crippen LogP contribution in [-0.4, -0.2) is 37.0 Å². The Morgan fingerprint density at radius 2 is 1.91 bits per heavy atom. The van der Waals surface area contributed by atoms with E-state index in [2.05, 4.69) is 0 Å². The van der Waals surface area contributed by atoms with Crippen molar-refractivity contribution in [2.75, 3.05) is 11.1 Å². The summed E-state index contributed by atoms with van der Waals surface area (Å²) >= 11 is 5.76. The first-order chi connectivity index (χ1) is 9.83. The summed E-state index contributed by atoms with van der Waals surface area (Å²) in [5, 5.41) is 10.8. The minimum absolute atomic E-state index is 0.124. The lowest BCUT2D eigenvalue weighted by Gasteiger charge is -2.25. The minimum atomic E-state index is -5.17. The highest BCUT2D eigenvalue weighted by atomic mass is 35.5. The Morgan fingerprint density at radius 3 is 2.32 bits per heavy atom. The van der Waals surface area contributed by atoms with Gasteiger partial charge in [0.15, 0.2) is 9.84 Å². The van der Waals surface area contributed by atoms with Crippen molar-refractivity contribution < 1.29 is 31.5 Å². The number of sulfone groups is 1. The quantitative estimate of drug-likeness (QED) is 0.864. The molecular formula is C12H13ClF3NO4S. The number of benzene rings is 1. The van der Waals surface area contributed by atoms with Crippen LogP contribution >= 0.6 is 11.6 Å². The maximum Gasteiger partial charge on any atom is 0.426 e. The molecule has 22 heavy (non-hydrogen) atoms. The van der Waals surface area contributed by atoms with Gasteiger partial charge in [-0.05, 0) is 25.1 Å². The van der Waals surface area contributed by atoms with Crippen LogP contribution in [0.3, 0.4) is 0 Å². The zero-order valence-corrected chi connectivity index (χ0v) is 13.1. The van der Waals surface area contributed by atoms with E-state index in [1.807, 2.05) is 5.32 Å². The zero-order valence-electron chi connectivity index (χ0n) is 11.5. The predicted molar refractivity (Wildman–Crippen MR) is 74.5 cm³/mol. The maximum absolute atomic E-state index is 12.5. The Labute approximate surface area is 130 Å². The van der Waals surface area contributed by atoms with Gasteiger partial charge in [0.2, 0.25) is 5.60 Å². The van der Waals surface area contributed by atoms with Gasteiger partial charge in [0, 0.05) is 0 Å². The van der Waals surface area contributed by atoms with Gasteiger partial charge in [-0.3, -0.25) is 4.79 Å². The minimum Gasteiger partial charge on any atom is -0.373 e. The second-order valence-corrected chi connectivity index (χ2v) is 7.25. The van der Waals surface area contributed by atoms with Crippen molar-refractivity contribution in [2.45, 2.75) is 30.5 Å². The van der Waals surface area contributed by atoms with Gasteiger partial charge in [-0.1, -0.05) is 18.5 Å². The van der Waals surface area contributed by atoms with Gasteiger partial charge in [0.25, 0.3) is 5.91 Å². The molecule has 1 aromatic rings. The number of amides is 1. The van der Waals surface area contributed by atoms with Crippen molar-refractivity contribution in [2.24, 2.45) is 0 Å². The fourth-order valence-corrected chi connectivity index (χ4v) is 2.53. The highest BCUT2D eigenvalue weighted by molar-refractivity contribution is 7.91. The van der Waals surface area contributed by atoms with Crippen molar-refractivity contribution in [1.29, 1.82) is 0 Å². The second kappa shape index (κ2) is 6.05. The average Bonchev–Trinajstić information content (AvgIpc) is 2.39. The number of rotatable bonds is 4. The Morgan fingerprint density at radius 1 is 1.36 bits per heavy atom. The molecule has 5 nitrogen and oxygen atoms in total. The van der Waals surface area contributed by atoms with E-state index in [-0.39, 0.29) is 21.4 Å². The topological polar surface area (TPSA) is 83.5 Å². The molecule has 1 amide bonds. The molecule has 0 saturated heterocycles. The molecule has 1 aromatic carbocycles. The number of hydrogen-bond donors (Lipinski definition) is 2. The number of anilines is 1. The summed E-state index contributed by atoms with van der Waals surface area (Å²) in [6, 6.07) is 3.16. The molecule has 0 aliphatic carbocycles. The summed E-state index contributed by atoms with van der Waals surface area (Å²) in [6.07, 6.45) is -5.17. The second-order valence-electron chi connectivity index (χ2n) is 4.57. The third kappa shape index (κ3) is 3.71. The van der Waals surface area contributed by atoms with Gasteiger partial charge in [-0.25, -0.2) is 8.42 Å². The molecule has 1 unspecified atom stereocenters. The van der Waals surface area contributed by atoms with E-state index in [9.17, 15) is 31.5 Å². The first-order valence-electron chi connectivity index (χ1n) is 5.95. The summed E-state index contributed by atoms with van der Waals surface area (Å²) < 4.78 is 60.9. The number of carbonyl (C=O) groups excluding carboxylic acids is 1. The molecule has 0 saturated carbocycles. The number of hydrogen-bond acceptors (Lipinski definition) is 4. The standard InChI is InChI=1S/C12H13ClF3NO4S/c1-3-22(20,21)7-4-5-9(8(13)6-7)17-10(18)11(2,19)12(14,15)16/h4-6,19H,3H2,1-2H3,(H,17,18). The summed E-state index contributed by atoms with van der Waals surface area (Å²) in [5.74, 6) is -1.91. The van der Waals surface area contributed by atoms with Crippen LogP contribution in [0.4, 0.5) is 18.9 Å². The van der Waals surface area contributed by atoms with Crippen LogP contribution < -0.4 is 5.32 Å². The molecule has 10 heteroatoms. The summed E-state index contributed by atoms with van der Waals surface area (Å²) in [7, 11) is -3.54. The van der Waals surface area contributed by atoms with E-state index in [1.165, 1.54) is 6.92 Å². The molecule has 0 spiro atoms. The molecule has 0 fully saturated rings. The molecular weight excluding hydrogens is 347 g/mol. The van der Waals surface area contributed by atoms with Crippen molar-refractivity contribution in [1.82, 2.24) is 0 Å². The van der Waals surface area contributed by atoms with Crippen molar-refractivity contribution >= 4 is 33.0 Å². The van der Waals surface area contributed by atoms with Crippen LogP contribution in [0.2, 0.25) is 5.02 Å². The van der Waals surface area contributed by atoms with Gasteiger partial charge in [0.1, 0.15) is 0 Å². The van der Waals surface area contributed by atoms with Crippen LogP contribution in [-0.2, 0) is 14.6 Å². The van der Waals surface area contributed by atoms with E-state index < -0.39 is 27.5 Å². The largest absolute Gasteiger partial charge is 0.426 e. The third-order valence-corrected chi connectivity index (χ3v) is 4.97. The molecule has 0 radical (unpaired) electrons. The Hall–Kier alpha value is -1.32. The fraction of sp³-hybridized carbons (Fsp3) is 0.417. The molecule has 124 valence electrons. The number of halogens is 4. The first kappa shape index (κ1) is 18.7. The lowest BCUT2D eigenvalue weighted by Crippen LogP contribution is -2.52. The number of nitrogens with one attached hydrogen (secondary N) is 1. The SMILES string of the molecule is CCS(=O)(=O)c1ccc(NC(=O)C(C)(O)C(F)(F)F)c(Cl)c1. The van der Waals surface area contributed by atoms with E-state index in [0.717, 1.165) is 18.2 Å². The molecule has 0 heterocycles. The summed E-state index contributed by atoms with van der Waals surface area (Å²) in [5.41, 5.74) is -3.85. The molecule has 0 aromatic heterocycles. The van der Waals surface area contributed by atoms with Gasteiger partial charge in [0.05, 0.1) is 21.4 Å². The average molecular weight is 360 g/mol. The van der Waals surface area contributed by atoms with Gasteiger partial charge < -0.3 is 10.4 Å². The molecule has 0 aliphatic rings. The highest BCUT2D eigenvalue weighted by Crippen LogP contribution is 2.32. The van der Waals surface area contributed by atoms with Gasteiger partial charge >= 0.3 is 6.18 Å². The predicted octanol–water partition coefficient (Wildman–Crippen LogP) is 2.39.